The van der Waals surface area contributed by atoms with Gasteiger partial charge in [-0.05, 0) is 0 Å². The number of rotatable bonds is 1. The van der Waals surface area contributed by atoms with Gasteiger partial charge >= 0.3 is 0 Å². The van der Waals surface area contributed by atoms with Crippen LogP contribution in [0.3, 0.4) is 0 Å². The minimum Gasteiger partial charge on any atom is -0.498 e. The zero-order valence-electron chi connectivity index (χ0n) is 7.14. The van der Waals surface area contributed by atoms with Crippen LogP contribution in [0.2, 0.25) is 0 Å². The molecular formula is C10H6N2OS. The molecule has 1 aromatic heterocycles. The Morgan fingerprint density at radius 1 is 1.29 bits per heavy atom. The van der Waals surface area contributed by atoms with E-state index in [1.54, 1.807) is 0 Å². The van der Waals surface area contributed by atoms with Crippen LogP contribution in [0.5, 0.6) is 5.06 Å². The van der Waals surface area contributed by atoms with E-state index in [4.69, 9.17) is 5.26 Å². The lowest BCUT2D eigenvalue weighted by Gasteiger charge is -1.95. The molecule has 68 valence electrons. The normalized spacial score (nSPS) is 9.64. The number of hydrogen-bond donors (Lipinski definition) is 1. The summed E-state index contributed by atoms with van der Waals surface area (Å²) in [4.78, 5) is 0. The standard InChI is InChI=1S/C10H6N2OS/c11-6-8-9(12-14-10(8)13)7-4-2-1-3-5-7/h1-5,13H. The average Bonchev–Trinajstić information content (AvgIpc) is 2.61. The quantitative estimate of drug-likeness (QED) is 0.772. The largest absolute Gasteiger partial charge is 0.498 e. The molecule has 0 aliphatic heterocycles. The van der Waals surface area contributed by atoms with Crippen LogP contribution in [0.1, 0.15) is 5.56 Å². The van der Waals surface area contributed by atoms with E-state index in [9.17, 15) is 5.11 Å². The molecule has 0 radical (unpaired) electrons. The second-order valence-corrected chi connectivity index (χ2v) is 3.44. The lowest BCUT2D eigenvalue weighted by Crippen LogP contribution is -1.80. The first kappa shape index (κ1) is 8.73. The molecule has 2 aromatic rings. The van der Waals surface area contributed by atoms with Gasteiger partial charge < -0.3 is 5.11 Å². The highest BCUT2D eigenvalue weighted by Crippen LogP contribution is 2.31. The summed E-state index contributed by atoms with van der Waals surface area (Å²) in [5, 5.41) is 18.1. The van der Waals surface area contributed by atoms with Gasteiger partial charge in [-0.3, -0.25) is 0 Å². The molecule has 0 aliphatic rings. The molecule has 0 amide bonds. The van der Waals surface area contributed by atoms with Crippen molar-refractivity contribution in [1.29, 1.82) is 5.26 Å². The van der Waals surface area contributed by atoms with Crippen molar-refractivity contribution in [2.75, 3.05) is 0 Å². The molecule has 3 nitrogen and oxygen atoms in total. The molecule has 0 fully saturated rings. The van der Waals surface area contributed by atoms with Gasteiger partial charge in [0, 0.05) is 17.1 Å². The Kier molecular flexibility index (Phi) is 2.17. The van der Waals surface area contributed by atoms with Crippen LogP contribution in [-0.4, -0.2) is 9.48 Å². The molecule has 0 unspecified atom stereocenters. The van der Waals surface area contributed by atoms with Crippen molar-refractivity contribution in [2.24, 2.45) is 0 Å². The smallest absolute Gasteiger partial charge is 0.209 e. The molecule has 0 aliphatic carbocycles. The van der Waals surface area contributed by atoms with Crippen LogP contribution in [0.25, 0.3) is 11.3 Å². The lowest BCUT2D eigenvalue weighted by atomic mass is 10.1. The number of aromatic nitrogens is 1. The maximum atomic E-state index is 9.33. The molecule has 0 bridgehead atoms. The molecule has 0 spiro atoms. The average molecular weight is 202 g/mol. The number of nitriles is 1. The van der Waals surface area contributed by atoms with Crippen molar-refractivity contribution in [3.63, 3.8) is 0 Å². The molecular weight excluding hydrogens is 196 g/mol. The van der Waals surface area contributed by atoms with Gasteiger partial charge in [-0.25, -0.2) is 0 Å². The maximum absolute atomic E-state index is 9.33. The van der Waals surface area contributed by atoms with Gasteiger partial charge in [0.25, 0.3) is 0 Å². The van der Waals surface area contributed by atoms with Crippen molar-refractivity contribution in [3.05, 3.63) is 35.9 Å². The van der Waals surface area contributed by atoms with E-state index in [0.29, 0.717) is 5.69 Å². The monoisotopic (exact) mass is 202 g/mol. The highest BCUT2D eigenvalue weighted by Gasteiger charge is 2.13. The van der Waals surface area contributed by atoms with E-state index in [1.165, 1.54) is 0 Å². The summed E-state index contributed by atoms with van der Waals surface area (Å²) in [6, 6.07) is 11.3. The molecule has 1 heterocycles. The third-order valence-corrected chi connectivity index (χ3v) is 2.48. The maximum Gasteiger partial charge on any atom is 0.209 e. The SMILES string of the molecule is N#Cc1c(-c2ccccc2)nsc1O. The highest BCUT2D eigenvalue weighted by molar-refractivity contribution is 7.08. The fourth-order valence-electron chi connectivity index (χ4n) is 1.18. The molecule has 14 heavy (non-hydrogen) atoms. The second-order valence-electron chi connectivity index (χ2n) is 2.69. The Morgan fingerprint density at radius 3 is 2.64 bits per heavy atom. The number of hydrogen-bond acceptors (Lipinski definition) is 4. The van der Waals surface area contributed by atoms with E-state index in [1.807, 2.05) is 36.4 Å². The van der Waals surface area contributed by atoms with Crippen molar-refractivity contribution < 1.29 is 5.11 Å². The first-order valence-electron chi connectivity index (χ1n) is 3.97. The molecule has 1 N–H and O–H groups in total. The first-order valence-corrected chi connectivity index (χ1v) is 4.74. The highest BCUT2D eigenvalue weighted by atomic mass is 32.1. The zero-order chi connectivity index (χ0) is 9.97. The van der Waals surface area contributed by atoms with Crippen molar-refractivity contribution >= 4 is 11.5 Å². The van der Waals surface area contributed by atoms with Crippen LogP contribution in [-0.2, 0) is 0 Å². The fourth-order valence-corrected chi connectivity index (χ4v) is 1.78. The fraction of sp³-hybridized carbons (Fsp3) is 0. The van der Waals surface area contributed by atoms with E-state index in [2.05, 4.69) is 4.37 Å². The third-order valence-electron chi connectivity index (χ3n) is 1.83. The van der Waals surface area contributed by atoms with Gasteiger partial charge in [0.15, 0.2) is 0 Å². The topological polar surface area (TPSA) is 56.9 Å². The van der Waals surface area contributed by atoms with Gasteiger partial charge in [-0.1, -0.05) is 30.3 Å². The van der Waals surface area contributed by atoms with E-state index in [0.717, 1.165) is 17.1 Å². The minimum absolute atomic E-state index is 0.0219. The molecule has 2 rings (SSSR count). The predicted octanol–water partition coefficient (Wildman–Crippen LogP) is 2.39. The first-order chi connectivity index (χ1) is 6.83. The minimum atomic E-state index is -0.0219. The molecule has 4 heteroatoms. The van der Waals surface area contributed by atoms with Gasteiger partial charge in [0.2, 0.25) is 5.06 Å². The van der Waals surface area contributed by atoms with Crippen LogP contribution in [0.4, 0.5) is 0 Å². The Bertz CT molecular complexity index is 485. The van der Waals surface area contributed by atoms with Crippen LogP contribution >= 0.6 is 11.5 Å². The Balaban J connectivity index is 2.59. The van der Waals surface area contributed by atoms with E-state index >= 15 is 0 Å². The number of nitrogens with zero attached hydrogens (tertiary/aromatic N) is 2. The summed E-state index contributed by atoms with van der Waals surface area (Å²) in [6.07, 6.45) is 0. The summed E-state index contributed by atoms with van der Waals surface area (Å²) in [7, 11) is 0. The van der Waals surface area contributed by atoms with Crippen molar-refractivity contribution in [3.8, 4) is 22.4 Å². The van der Waals surface area contributed by atoms with Gasteiger partial charge in [-0.2, -0.15) is 9.64 Å². The molecule has 0 saturated heterocycles. The van der Waals surface area contributed by atoms with Crippen LogP contribution < -0.4 is 0 Å². The summed E-state index contributed by atoms with van der Waals surface area (Å²) in [6.45, 7) is 0. The summed E-state index contributed by atoms with van der Waals surface area (Å²) < 4.78 is 4.03. The zero-order valence-corrected chi connectivity index (χ0v) is 7.95. The molecule has 0 atom stereocenters. The molecule has 1 aromatic carbocycles. The second kappa shape index (κ2) is 3.48. The van der Waals surface area contributed by atoms with Crippen molar-refractivity contribution in [1.82, 2.24) is 4.37 Å². The van der Waals surface area contributed by atoms with Crippen LogP contribution in [0.15, 0.2) is 30.3 Å². The van der Waals surface area contributed by atoms with Gasteiger partial charge in [-0.15, -0.1) is 0 Å². The number of aromatic hydroxyl groups is 1. The van der Waals surface area contributed by atoms with Gasteiger partial charge in [0.1, 0.15) is 17.3 Å². The summed E-state index contributed by atoms with van der Waals surface area (Å²) in [5.74, 6) is 0. The lowest BCUT2D eigenvalue weighted by molar-refractivity contribution is 0.489. The van der Waals surface area contributed by atoms with E-state index in [-0.39, 0.29) is 10.6 Å². The summed E-state index contributed by atoms with van der Waals surface area (Å²) in [5.41, 5.74) is 1.65. The summed E-state index contributed by atoms with van der Waals surface area (Å²) >= 11 is 0.933. The van der Waals surface area contributed by atoms with Crippen LogP contribution in [0, 0.1) is 11.3 Å². The number of benzene rings is 1. The Morgan fingerprint density at radius 2 is 2.00 bits per heavy atom. The predicted molar refractivity (Wildman–Crippen MR) is 53.9 cm³/mol. The van der Waals surface area contributed by atoms with E-state index < -0.39 is 0 Å². The third kappa shape index (κ3) is 1.34. The Hall–Kier alpha value is -1.86. The Labute approximate surface area is 85.0 Å². The molecule has 0 saturated carbocycles. The van der Waals surface area contributed by atoms with Crippen molar-refractivity contribution in [2.45, 2.75) is 0 Å². The van der Waals surface area contributed by atoms with Gasteiger partial charge in [0.05, 0.1) is 0 Å².